The minimum Gasteiger partial charge on any atom is -0.375 e. The smallest absolute Gasteiger partial charge is 0.375 e. The van der Waals surface area contributed by atoms with Crippen LogP contribution in [0.2, 0.25) is 0 Å². The molecule has 10 heteroatoms. The van der Waals surface area contributed by atoms with Crippen LogP contribution in [0.3, 0.4) is 0 Å². The Kier molecular flexibility index (Phi) is 6.20. The first kappa shape index (κ1) is 23.3. The molecule has 2 fully saturated rings. The van der Waals surface area contributed by atoms with E-state index in [-0.39, 0.29) is 30.5 Å². The van der Waals surface area contributed by atoms with Crippen molar-refractivity contribution in [1.82, 2.24) is 14.9 Å². The lowest BCUT2D eigenvalue weighted by Crippen LogP contribution is -2.31. The van der Waals surface area contributed by atoms with Gasteiger partial charge in [0.25, 0.3) is 5.92 Å². The molecule has 0 bridgehead atoms. The molecule has 0 atom stereocenters. The minimum atomic E-state index is -4.50. The molecule has 0 amide bonds. The van der Waals surface area contributed by atoms with E-state index < -0.39 is 24.2 Å². The highest BCUT2D eigenvalue weighted by molar-refractivity contribution is 5.58. The number of piperidine rings is 1. The van der Waals surface area contributed by atoms with Crippen LogP contribution in [0.15, 0.2) is 42.7 Å². The summed E-state index contributed by atoms with van der Waals surface area (Å²) in [6.07, 6.45) is -1.97. The van der Waals surface area contributed by atoms with Crippen LogP contribution in [-0.2, 0) is 6.18 Å². The van der Waals surface area contributed by atoms with E-state index in [1.807, 2.05) is 13.0 Å². The van der Waals surface area contributed by atoms with E-state index in [2.05, 4.69) is 26.8 Å². The second kappa shape index (κ2) is 8.79. The average Bonchev–Trinajstić information content (AvgIpc) is 3.13. The largest absolute Gasteiger partial charge is 0.416 e. The number of anilines is 3. The van der Waals surface area contributed by atoms with Crippen molar-refractivity contribution in [2.45, 2.75) is 44.2 Å². The van der Waals surface area contributed by atoms with Gasteiger partial charge in [-0.15, -0.1) is 0 Å². The zero-order chi connectivity index (χ0) is 23.8. The van der Waals surface area contributed by atoms with Gasteiger partial charge in [-0.2, -0.15) is 13.2 Å². The molecular formula is C23H26F5N5. The highest BCUT2D eigenvalue weighted by atomic mass is 19.4. The van der Waals surface area contributed by atoms with Crippen LogP contribution in [0.1, 0.15) is 43.2 Å². The number of hydrogen-bond donors (Lipinski definition) is 1. The topological polar surface area (TPSA) is 44.3 Å². The van der Waals surface area contributed by atoms with Gasteiger partial charge in [0.1, 0.15) is 17.5 Å². The van der Waals surface area contributed by atoms with E-state index in [4.69, 9.17) is 0 Å². The maximum absolute atomic E-state index is 13.8. The molecule has 0 aromatic carbocycles. The second-order valence-corrected chi connectivity index (χ2v) is 8.72. The third-order valence-corrected chi connectivity index (χ3v) is 6.18. The molecule has 178 valence electrons. The molecule has 2 aromatic heterocycles. The fourth-order valence-electron chi connectivity index (χ4n) is 4.33. The molecule has 2 saturated heterocycles. The van der Waals surface area contributed by atoms with Gasteiger partial charge < -0.3 is 15.1 Å². The summed E-state index contributed by atoms with van der Waals surface area (Å²) in [5, 5.41) is 2.85. The summed E-state index contributed by atoms with van der Waals surface area (Å²) in [6, 6.07) is 5.40. The minimum absolute atomic E-state index is 0.00993. The van der Waals surface area contributed by atoms with E-state index in [0.29, 0.717) is 5.82 Å². The SMILES string of the molecule is C=C(C)N1CCC(c2cc(Nc3cc(C(F)(F)F)ccn3)nc(N3CCC(F)(F)C3)c2)CC1. The number of nitrogens with one attached hydrogen (secondary N) is 1. The fraction of sp³-hybridized carbons (Fsp3) is 0.478. The summed E-state index contributed by atoms with van der Waals surface area (Å²) in [5.41, 5.74) is 1.09. The Hall–Kier alpha value is -2.91. The summed E-state index contributed by atoms with van der Waals surface area (Å²) in [5.74, 6) is -1.95. The van der Waals surface area contributed by atoms with Crippen LogP contribution in [-0.4, -0.2) is 47.0 Å². The Bertz CT molecular complexity index is 1010. The van der Waals surface area contributed by atoms with E-state index in [1.165, 1.54) is 4.90 Å². The van der Waals surface area contributed by atoms with Gasteiger partial charge in [0.15, 0.2) is 0 Å². The molecular weight excluding hydrogens is 441 g/mol. The molecule has 0 radical (unpaired) electrons. The van der Waals surface area contributed by atoms with Crippen LogP contribution in [0.4, 0.5) is 39.4 Å². The van der Waals surface area contributed by atoms with Crippen molar-refractivity contribution in [2.24, 2.45) is 0 Å². The van der Waals surface area contributed by atoms with E-state index in [1.54, 1.807) is 6.07 Å². The van der Waals surface area contributed by atoms with Gasteiger partial charge in [0, 0.05) is 37.9 Å². The van der Waals surface area contributed by atoms with Crippen molar-refractivity contribution in [3.05, 3.63) is 53.9 Å². The number of aromatic nitrogens is 2. The highest BCUT2D eigenvalue weighted by Gasteiger charge is 2.39. The van der Waals surface area contributed by atoms with Gasteiger partial charge in [-0.3, -0.25) is 0 Å². The summed E-state index contributed by atoms with van der Waals surface area (Å²) in [7, 11) is 0. The third-order valence-electron chi connectivity index (χ3n) is 6.18. The molecule has 1 N–H and O–H groups in total. The third kappa shape index (κ3) is 5.54. The molecule has 4 rings (SSSR count). The predicted octanol–water partition coefficient (Wildman–Crippen LogP) is 5.80. The number of nitrogens with zero attached hydrogens (tertiary/aromatic N) is 4. The predicted molar refractivity (Wildman–Crippen MR) is 117 cm³/mol. The number of pyridine rings is 2. The Morgan fingerprint density at radius 3 is 2.45 bits per heavy atom. The monoisotopic (exact) mass is 467 g/mol. The molecule has 33 heavy (non-hydrogen) atoms. The van der Waals surface area contributed by atoms with Crippen LogP contribution >= 0.6 is 0 Å². The molecule has 0 aliphatic carbocycles. The van der Waals surface area contributed by atoms with Crippen molar-refractivity contribution in [3.63, 3.8) is 0 Å². The Balaban J connectivity index is 1.63. The normalized spacial score (nSPS) is 19.1. The molecule has 0 unspecified atom stereocenters. The molecule has 2 aliphatic rings. The summed E-state index contributed by atoms with van der Waals surface area (Å²) in [6.45, 7) is 7.34. The van der Waals surface area contributed by atoms with Gasteiger partial charge in [-0.05, 0) is 55.5 Å². The van der Waals surface area contributed by atoms with Gasteiger partial charge in [0.05, 0.1) is 12.1 Å². The van der Waals surface area contributed by atoms with Crippen molar-refractivity contribution >= 4 is 17.5 Å². The van der Waals surface area contributed by atoms with Crippen LogP contribution < -0.4 is 10.2 Å². The molecule has 5 nitrogen and oxygen atoms in total. The van der Waals surface area contributed by atoms with Crippen molar-refractivity contribution in [3.8, 4) is 0 Å². The lowest BCUT2D eigenvalue weighted by atomic mass is 9.89. The van der Waals surface area contributed by atoms with Crippen LogP contribution in [0, 0.1) is 0 Å². The molecule has 4 heterocycles. The summed E-state index contributed by atoms with van der Waals surface area (Å²) in [4.78, 5) is 12.1. The van der Waals surface area contributed by atoms with Gasteiger partial charge >= 0.3 is 6.18 Å². The van der Waals surface area contributed by atoms with Gasteiger partial charge in [-0.25, -0.2) is 18.7 Å². The summed E-state index contributed by atoms with van der Waals surface area (Å²) >= 11 is 0. The van der Waals surface area contributed by atoms with E-state index >= 15 is 0 Å². The Labute approximate surface area is 189 Å². The van der Waals surface area contributed by atoms with E-state index in [0.717, 1.165) is 55.5 Å². The molecule has 0 spiro atoms. The maximum Gasteiger partial charge on any atom is 0.416 e. The fourth-order valence-corrected chi connectivity index (χ4v) is 4.33. The maximum atomic E-state index is 13.8. The first-order valence-corrected chi connectivity index (χ1v) is 10.9. The van der Waals surface area contributed by atoms with Gasteiger partial charge in [-0.1, -0.05) is 6.58 Å². The highest BCUT2D eigenvalue weighted by Crippen LogP contribution is 2.36. The Morgan fingerprint density at radius 1 is 1.12 bits per heavy atom. The van der Waals surface area contributed by atoms with Crippen LogP contribution in [0.25, 0.3) is 0 Å². The number of likely N-dealkylation sites (tertiary alicyclic amines) is 1. The first-order chi connectivity index (χ1) is 15.5. The molecule has 2 aromatic rings. The number of halogens is 5. The number of rotatable bonds is 5. The number of alkyl halides is 5. The molecule has 0 saturated carbocycles. The molecule has 2 aliphatic heterocycles. The lowest BCUT2D eigenvalue weighted by molar-refractivity contribution is -0.137. The number of allylic oxidation sites excluding steroid dienone is 1. The second-order valence-electron chi connectivity index (χ2n) is 8.72. The first-order valence-electron chi connectivity index (χ1n) is 10.9. The van der Waals surface area contributed by atoms with Crippen molar-refractivity contribution < 1.29 is 22.0 Å². The summed E-state index contributed by atoms with van der Waals surface area (Å²) < 4.78 is 66.9. The van der Waals surface area contributed by atoms with Crippen LogP contribution in [0.5, 0.6) is 0 Å². The Morgan fingerprint density at radius 2 is 1.85 bits per heavy atom. The standard InChI is InChI=1S/C23H26F5N5/c1-15(2)32-8-4-16(5-9-32)17-11-20(30-19-13-18(3-7-29-19)23(26,27)28)31-21(12-17)33-10-6-22(24,25)14-33/h3,7,11-13,16H,1,4-6,8-10,14H2,2H3,(H,29,30,31). The number of hydrogen-bond acceptors (Lipinski definition) is 5. The zero-order valence-corrected chi connectivity index (χ0v) is 18.3. The van der Waals surface area contributed by atoms with E-state index in [9.17, 15) is 22.0 Å². The average molecular weight is 467 g/mol. The zero-order valence-electron chi connectivity index (χ0n) is 18.3. The van der Waals surface area contributed by atoms with Crippen molar-refractivity contribution in [1.29, 1.82) is 0 Å². The quantitative estimate of drug-likeness (QED) is 0.564. The lowest BCUT2D eigenvalue weighted by Gasteiger charge is -2.34. The van der Waals surface area contributed by atoms with Crippen molar-refractivity contribution in [2.75, 3.05) is 36.4 Å². The van der Waals surface area contributed by atoms with Gasteiger partial charge in [0.2, 0.25) is 0 Å².